The third-order valence-electron chi connectivity index (χ3n) is 5.27. The smallest absolute Gasteiger partial charge is 0.408 e. The number of nitriles is 1. The molecule has 0 saturated carbocycles. The highest BCUT2D eigenvalue weighted by Gasteiger charge is 2.35. The molecule has 2 N–H and O–H groups in total. The number of aryl methyl sites for hydroxylation is 2. The molecule has 0 bridgehead atoms. The number of hydrogen-bond donors (Lipinski definition) is 2. The lowest BCUT2D eigenvalue weighted by atomic mass is 9.96. The molecule has 9 heteroatoms. The van der Waals surface area contributed by atoms with Gasteiger partial charge in [-0.25, -0.2) is 4.79 Å². The van der Waals surface area contributed by atoms with Crippen LogP contribution in [0.5, 0.6) is 5.75 Å². The van der Waals surface area contributed by atoms with E-state index in [2.05, 4.69) is 10.6 Å². The molecule has 2 aromatic rings. The van der Waals surface area contributed by atoms with E-state index in [9.17, 15) is 19.6 Å². The molecular formula is C27H34N4O5. The Morgan fingerprint density at radius 2 is 1.72 bits per heavy atom. The summed E-state index contributed by atoms with van der Waals surface area (Å²) in [5, 5.41) is 14.9. The van der Waals surface area contributed by atoms with Gasteiger partial charge in [0.1, 0.15) is 30.0 Å². The summed E-state index contributed by atoms with van der Waals surface area (Å²) in [7, 11) is 1.54. The van der Waals surface area contributed by atoms with Crippen molar-refractivity contribution in [1.29, 1.82) is 5.26 Å². The van der Waals surface area contributed by atoms with Crippen LogP contribution in [0.3, 0.4) is 0 Å². The van der Waals surface area contributed by atoms with E-state index < -0.39 is 35.6 Å². The Bertz CT molecular complexity index is 1130. The van der Waals surface area contributed by atoms with Gasteiger partial charge >= 0.3 is 6.09 Å². The van der Waals surface area contributed by atoms with Crippen molar-refractivity contribution in [3.63, 3.8) is 0 Å². The number of carbonyl (C=O) groups excluding carboxylic acids is 3. The molecule has 0 aliphatic rings. The number of methoxy groups -OCH3 is 1. The average Bonchev–Trinajstić information content (AvgIpc) is 2.78. The molecule has 3 amide bonds. The van der Waals surface area contributed by atoms with E-state index in [-0.39, 0.29) is 6.54 Å². The number of ether oxygens (including phenoxy) is 2. The number of carbonyl (C=O) groups is 3. The van der Waals surface area contributed by atoms with E-state index in [1.165, 1.54) is 11.8 Å². The number of anilines is 1. The molecule has 0 spiro atoms. The van der Waals surface area contributed by atoms with Crippen molar-refractivity contribution in [2.24, 2.45) is 0 Å². The highest BCUT2D eigenvalue weighted by Crippen LogP contribution is 2.28. The van der Waals surface area contributed by atoms with E-state index in [1.807, 2.05) is 32.0 Å². The summed E-state index contributed by atoms with van der Waals surface area (Å²) in [6, 6.07) is 12.1. The second kappa shape index (κ2) is 12.1. The fourth-order valence-electron chi connectivity index (χ4n) is 3.64. The van der Waals surface area contributed by atoms with Crippen LogP contribution in [0.15, 0.2) is 42.5 Å². The molecule has 0 fully saturated rings. The Labute approximate surface area is 212 Å². The minimum atomic E-state index is -1.12. The Morgan fingerprint density at radius 1 is 1.08 bits per heavy atom. The number of rotatable bonds is 8. The van der Waals surface area contributed by atoms with Gasteiger partial charge in [0.2, 0.25) is 5.91 Å². The fraction of sp³-hybridized carbons (Fsp3) is 0.407. The third kappa shape index (κ3) is 7.73. The van der Waals surface area contributed by atoms with Gasteiger partial charge in [0.25, 0.3) is 5.91 Å². The lowest BCUT2D eigenvalue weighted by Crippen LogP contribution is -2.51. The molecule has 0 aliphatic heterocycles. The molecule has 0 heterocycles. The third-order valence-corrected chi connectivity index (χ3v) is 5.27. The predicted molar refractivity (Wildman–Crippen MR) is 136 cm³/mol. The Hall–Kier alpha value is -4.06. The number of amides is 3. The van der Waals surface area contributed by atoms with Crippen molar-refractivity contribution in [3.05, 3.63) is 59.2 Å². The maximum atomic E-state index is 13.6. The lowest BCUT2D eigenvalue weighted by Gasteiger charge is -2.32. The van der Waals surface area contributed by atoms with Crippen LogP contribution in [-0.2, 0) is 14.3 Å². The number of nitrogens with one attached hydrogen (secondary N) is 2. The zero-order valence-electron chi connectivity index (χ0n) is 21.8. The second-order valence-electron chi connectivity index (χ2n) is 9.47. The van der Waals surface area contributed by atoms with E-state index in [1.54, 1.807) is 58.2 Å². The summed E-state index contributed by atoms with van der Waals surface area (Å²) in [5.74, 6) is -0.472. The Kier molecular flexibility index (Phi) is 9.45. The van der Waals surface area contributed by atoms with Crippen LogP contribution >= 0.6 is 0 Å². The van der Waals surface area contributed by atoms with Gasteiger partial charge < -0.3 is 25.0 Å². The van der Waals surface area contributed by atoms with Crippen LogP contribution in [0.1, 0.15) is 50.4 Å². The molecule has 0 saturated heterocycles. The maximum Gasteiger partial charge on any atom is 0.408 e. The van der Waals surface area contributed by atoms with Gasteiger partial charge in [-0.15, -0.1) is 0 Å². The van der Waals surface area contributed by atoms with Crippen LogP contribution < -0.4 is 15.4 Å². The minimum Gasteiger partial charge on any atom is -0.497 e. The minimum absolute atomic E-state index is 0.368. The normalized spacial score (nSPS) is 12.5. The predicted octanol–water partition coefficient (Wildman–Crippen LogP) is 4.26. The SMILES string of the molecule is COc1ccc(NC(=O)C(c2ccc(C)cc2C)N(CC#N)C(=O)C(C)NC(=O)OC(C)(C)C)cc1. The van der Waals surface area contributed by atoms with Gasteiger partial charge in [-0.3, -0.25) is 9.59 Å². The summed E-state index contributed by atoms with van der Waals surface area (Å²) in [5.41, 5.74) is 2.09. The van der Waals surface area contributed by atoms with Gasteiger partial charge in [0, 0.05) is 5.69 Å². The molecule has 2 aromatic carbocycles. The summed E-state index contributed by atoms with van der Waals surface area (Å²) in [6.45, 7) is 10.0. The first kappa shape index (κ1) is 28.2. The Morgan fingerprint density at radius 3 is 2.25 bits per heavy atom. The topological polar surface area (TPSA) is 121 Å². The van der Waals surface area contributed by atoms with Gasteiger partial charge in [-0.1, -0.05) is 23.8 Å². The van der Waals surface area contributed by atoms with Gasteiger partial charge in [0.15, 0.2) is 0 Å². The summed E-state index contributed by atoms with van der Waals surface area (Å²) in [4.78, 5) is 40.5. The second-order valence-corrected chi connectivity index (χ2v) is 9.47. The summed E-state index contributed by atoms with van der Waals surface area (Å²) in [6.07, 6.45) is -0.772. The molecule has 36 heavy (non-hydrogen) atoms. The quantitative estimate of drug-likeness (QED) is 0.529. The standard InChI is InChI=1S/C27H34N4O5/c1-17-8-13-22(18(2)16-17)23(24(32)30-20-9-11-21(35-7)12-10-20)31(15-14-28)25(33)19(3)29-26(34)36-27(4,5)6/h8-13,16,19,23H,15H2,1-7H3,(H,29,34)(H,30,32). The average molecular weight is 495 g/mol. The first-order chi connectivity index (χ1) is 16.9. The fourth-order valence-corrected chi connectivity index (χ4v) is 3.64. The monoisotopic (exact) mass is 494 g/mol. The lowest BCUT2D eigenvalue weighted by molar-refractivity contribution is -0.139. The zero-order valence-corrected chi connectivity index (χ0v) is 21.8. The van der Waals surface area contributed by atoms with Crippen molar-refractivity contribution in [2.75, 3.05) is 19.0 Å². The van der Waals surface area contributed by atoms with Gasteiger partial charge in [-0.05, 0) is 76.9 Å². The van der Waals surface area contributed by atoms with E-state index >= 15 is 0 Å². The first-order valence-electron chi connectivity index (χ1n) is 11.5. The summed E-state index contributed by atoms with van der Waals surface area (Å²) < 4.78 is 10.4. The maximum absolute atomic E-state index is 13.6. The van der Waals surface area contributed by atoms with E-state index in [4.69, 9.17) is 9.47 Å². The summed E-state index contributed by atoms with van der Waals surface area (Å²) >= 11 is 0. The van der Waals surface area contributed by atoms with Crippen LogP contribution in [0.4, 0.5) is 10.5 Å². The number of hydrogen-bond acceptors (Lipinski definition) is 6. The van der Waals surface area contributed by atoms with Crippen LogP contribution in [0.25, 0.3) is 0 Å². The molecule has 2 atom stereocenters. The van der Waals surface area contributed by atoms with Crippen molar-refractivity contribution < 1.29 is 23.9 Å². The van der Waals surface area contributed by atoms with Crippen molar-refractivity contribution in [1.82, 2.24) is 10.2 Å². The highest BCUT2D eigenvalue weighted by atomic mass is 16.6. The molecule has 2 unspecified atom stereocenters. The highest BCUT2D eigenvalue weighted by molar-refractivity contribution is 5.99. The van der Waals surface area contributed by atoms with Crippen molar-refractivity contribution >= 4 is 23.6 Å². The molecule has 0 radical (unpaired) electrons. The van der Waals surface area contributed by atoms with Crippen molar-refractivity contribution in [3.8, 4) is 11.8 Å². The number of alkyl carbamates (subject to hydrolysis) is 1. The van der Waals surface area contributed by atoms with Crippen LogP contribution in [-0.4, -0.2) is 48.1 Å². The molecule has 9 nitrogen and oxygen atoms in total. The number of benzene rings is 2. The zero-order chi connectivity index (χ0) is 27.0. The Balaban J connectivity index is 2.43. The molecular weight excluding hydrogens is 460 g/mol. The van der Waals surface area contributed by atoms with Crippen LogP contribution in [0.2, 0.25) is 0 Å². The van der Waals surface area contributed by atoms with Gasteiger partial charge in [0.05, 0.1) is 13.2 Å². The first-order valence-corrected chi connectivity index (χ1v) is 11.5. The molecule has 2 rings (SSSR count). The van der Waals surface area contributed by atoms with Crippen LogP contribution in [0, 0.1) is 25.2 Å². The molecule has 0 aromatic heterocycles. The molecule has 0 aliphatic carbocycles. The van der Waals surface area contributed by atoms with E-state index in [0.717, 1.165) is 11.1 Å². The number of nitrogens with zero attached hydrogens (tertiary/aromatic N) is 2. The van der Waals surface area contributed by atoms with Crippen molar-refractivity contribution in [2.45, 2.75) is 59.2 Å². The van der Waals surface area contributed by atoms with Gasteiger partial charge in [-0.2, -0.15) is 5.26 Å². The van der Waals surface area contributed by atoms with E-state index in [0.29, 0.717) is 17.0 Å². The molecule has 192 valence electrons. The largest absolute Gasteiger partial charge is 0.497 e.